The lowest BCUT2D eigenvalue weighted by Crippen LogP contribution is -2.06. The van der Waals surface area contributed by atoms with Crippen LogP contribution in [0.4, 0.5) is 17.3 Å². The van der Waals surface area contributed by atoms with Crippen molar-refractivity contribution in [3.63, 3.8) is 0 Å². The molecule has 4 heteroatoms. The lowest BCUT2D eigenvalue weighted by molar-refractivity contribution is 0.852. The zero-order valence-electron chi connectivity index (χ0n) is 11.9. The summed E-state index contributed by atoms with van der Waals surface area (Å²) in [6.45, 7) is 6.36. The fourth-order valence-electron chi connectivity index (χ4n) is 2.10. The van der Waals surface area contributed by atoms with Crippen molar-refractivity contribution in [3.8, 4) is 0 Å². The minimum absolute atomic E-state index is 0.343. The van der Waals surface area contributed by atoms with E-state index >= 15 is 0 Å². The summed E-state index contributed by atoms with van der Waals surface area (Å²) in [6.07, 6.45) is 1.58. The molecule has 0 radical (unpaired) electrons. The number of anilines is 3. The zero-order valence-corrected chi connectivity index (χ0v) is 11.9. The summed E-state index contributed by atoms with van der Waals surface area (Å²) >= 11 is 0. The Bertz CT molecular complexity index is 564. The van der Waals surface area contributed by atoms with Crippen LogP contribution in [0.25, 0.3) is 0 Å². The van der Waals surface area contributed by atoms with Crippen molar-refractivity contribution >= 4 is 17.3 Å². The standard InChI is InChI=1S/C15H20N4/c1-10(2)13-14(16-4)17-9-18-15(13)19-12-7-5-6-11(3)8-12/h5-10H,1-4H3,(H2,16,17,18,19). The maximum absolute atomic E-state index is 4.37. The van der Waals surface area contributed by atoms with E-state index in [9.17, 15) is 0 Å². The molecule has 0 aliphatic heterocycles. The molecule has 2 aromatic rings. The van der Waals surface area contributed by atoms with Crippen LogP contribution in [0.1, 0.15) is 30.9 Å². The molecule has 19 heavy (non-hydrogen) atoms. The number of nitrogens with zero attached hydrogens (tertiary/aromatic N) is 2. The molecule has 4 nitrogen and oxygen atoms in total. The summed E-state index contributed by atoms with van der Waals surface area (Å²) in [5, 5.41) is 6.50. The molecule has 0 aliphatic carbocycles. The Kier molecular flexibility index (Phi) is 4.00. The fraction of sp³-hybridized carbons (Fsp3) is 0.333. The second kappa shape index (κ2) is 5.69. The summed E-state index contributed by atoms with van der Waals surface area (Å²) in [4.78, 5) is 8.65. The Morgan fingerprint density at radius 2 is 1.84 bits per heavy atom. The van der Waals surface area contributed by atoms with Gasteiger partial charge in [-0.25, -0.2) is 9.97 Å². The minimum Gasteiger partial charge on any atom is -0.373 e. The van der Waals surface area contributed by atoms with Gasteiger partial charge in [0.25, 0.3) is 0 Å². The number of nitrogens with one attached hydrogen (secondary N) is 2. The molecule has 0 bridgehead atoms. The molecule has 1 aromatic carbocycles. The van der Waals surface area contributed by atoms with Gasteiger partial charge in [0.2, 0.25) is 0 Å². The molecule has 2 rings (SSSR count). The van der Waals surface area contributed by atoms with Gasteiger partial charge in [-0.1, -0.05) is 26.0 Å². The number of hydrogen-bond acceptors (Lipinski definition) is 4. The molecule has 1 heterocycles. The van der Waals surface area contributed by atoms with Gasteiger partial charge in [-0.05, 0) is 30.5 Å². The molecule has 0 atom stereocenters. The van der Waals surface area contributed by atoms with Crippen LogP contribution in [0, 0.1) is 6.92 Å². The van der Waals surface area contributed by atoms with E-state index in [-0.39, 0.29) is 0 Å². The Labute approximate surface area is 114 Å². The van der Waals surface area contributed by atoms with Gasteiger partial charge in [-0.2, -0.15) is 0 Å². The first-order valence-electron chi connectivity index (χ1n) is 6.48. The Hall–Kier alpha value is -2.10. The molecular formula is C15H20N4. The molecule has 0 amide bonds. The third-order valence-corrected chi connectivity index (χ3v) is 2.98. The molecule has 1 aromatic heterocycles. The van der Waals surface area contributed by atoms with E-state index in [0.717, 1.165) is 22.9 Å². The maximum Gasteiger partial charge on any atom is 0.139 e. The summed E-state index contributed by atoms with van der Waals surface area (Å²) in [7, 11) is 1.88. The fourth-order valence-corrected chi connectivity index (χ4v) is 2.10. The van der Waals surface area contributed by atoms with Crippen molar-refractivity contribution in [2.24, 2.45) is 0 Å². The molecular weight excluding hydrogens is 236 g/mol. The number of benzene rings is 1. The van der Waals surface area contributed by atoms with Crippen molar-refractivity contribution in [2.45, 2.75) is 26.7 Å². The molecule has 100 valence electrons. The summed E-state index contributed by atoms with van der Waals surface area (Å²) in [6, 6.07) is 8.25. The molecule has 2 N–H and O–H groups in total. The summed E-state index contributed by atoms with van der Waals surface area (Å²) < 4.78 is 0. The smallest absolute Gasteiger partial charge is 0.139 e. The highest BCUT2D eigenvalue weighted by Gasteiger charge is 2.14. The molecule has 0 fully saturated rings. The third-order valence-electron chi connectivity index (χ3n) is 2.98. The van der Waals surface area contributed by atoms with Crippen molar-refractivity contribution < 1.29 is 0 Å². The highest BCUT2D eigenvalue weighted by atomic mass is 15.1. The number of aryl methyl sites for hydroxylation is 1. The average Bonchev–Trinajstić information content (AvgIpc) is 2.38. The van der Waals surface area contributed by atoms with Crippen LogP contribution in [0.3, 0.4) is 0 Å². The number of hydrogen-bond donors (Lipinski definition) is 2. The largest absolute Gasteiger partial charge is 0.373 e. The van der Waals surface area contributed by atoms with E-state index in [2.05, 4.69) is 53.5 Å². The first-order chi connectivity index (χ1) is 9.11. The van der Waals surface area contributed by atoms with Crippen molar-refractivity contribution in [3.05, 3.63) is 41.7 Å². The van der Waals surface area contributed by atoms with Crippen LogP contribution in [0.2, 0.25) is 0 Å². The predicted molar refractivity (Wildman–Crippen MR) is 80.1 cm³/mol. The molecule has 0 aliphatic rings. The van der Waals surface area contributed by atoms with Gasteiger partial charge in [-0.3, -0.25) is 0 Å². The van der Waals surface area contributed by atoms with E-state index in [0.29, 0.717) is 5.92 Å². The Morgan fingerprint density at radius 1 is 1.11 bits per heavy atom. The van der Waals surface area contributed by atoms with Gasteiger partial charge >= 0.3 is 0 Å². The minimum atomic E-state index is 0.343. The monoisotopic (exact) mass is 256 g/mol. The SMILES string of the molecule is CNc1ncnc(Nc2cccc(C)c2)c1C(C)C. The topological polar surface area (TPSA) is 49.8 Å². The van der Waals surface area contributed by atoms with Crippen LogP contribution < -0.4 is 10.6 Å². The Balaban J connectivity index is 2.39. The second-order valence-corrected chi connectivity index (χ2v) is 4.88. The summed E-state index contributed by atoms with van der Waals surface area (Å²) in [5.74, 6) is 2.08. The van der Waals surface area contributed by atoms with Crippen molar-refractivity contribution in [1.82, 2.24) is 9.97 Å². The van der Waals surface area contributed by atoms with Crippen LogP contribution in [-0.2, 0) is 0 Å². The first kappa shape index (κ1) is 13.3. The van der Waals surface area contributed by atoms with Crippen molar-refractivity contribution in [1.29, 1.82) is 0 Å². The lowest BCUT2D eigenvalue weighted by atomic mass is 10.0. The van der Waals surface area contributed by atoms with E-state index in [4.69, 9.17) is 0 Å². The molecule has 0 spiro atoms. The van der Waals surface area contributed by atoms with Crippen molar-refractivity contribution in [2.75, 3.05) is 17.7 Å². The highest BCUT2D eigenvalue weighted by molar-refractivity contribution is 5.66. The number of aromatic nitrogens is 2. The van der Waals surface area contributed by atoms with E-state index in [1.54, 1.807) is 6.33 Å². The first-order valence-corrected chi connectivity index (χ1v) is 6.48. The maximum atomic E-state index is 4.37. The Morgan fingerprint density at radius 3 is 2.47 bits per heavy atom. The predicted octanol–water partition coefficient (Wildman–Crippen LogP) is 3.69. The van der Waals surface area contributed by atoms with Gasteiger partial charge in [0.05, 0.1) is 0 Å². The molecule has 0 saturated carbocycles. The van der Waals surface area contributed by atoms with Gasteiger partial charge < -0.3 is 10.6 Å². The van der Waals surface area contributed by atoms with Crippen LogP contribution in [0.15, 0.2) is 30.6 Å². The summed E-state index contributed by atoms with van der Waals surface area (Å²) in [5.41, 5.74) is 3.37. The van der Waals surface area contributed by atoms with E-state index in [1.165, 1.54) is 5.56 Å². The van der Waals surface area contributed by atoms with Gasteiger partial charge in [0.1, 0.15) is 18.0 Å². The highest BCUT2D eigenvalue weighted by Crippen LogP contribution is 2.30. The average molecular weight is 256 g/mol. The normalized spacial score (nSPS) is 10.6. The van der Waals surface area contributed by atoms with Gasteiger partial charge in [0.15, 0.2) is 0 Å². The third kappa shape index (κ3) is 3.02. The molecule has 0 unspecified atom stereocenters. The number of rotatable bonds is 4. The van der Waals surface area contributed by atoms with Crippen LogP contribution in [0.5, 0.6) is 0 Å². The van der Waals surface area contributed by atoms with Crippen LogP contribution >= 0.6 is 0 Å². The lowest BCUT2D eigenvalue weighted by Gasteiger charge is -2.16. The second-order valence-electron chi connectivity index (χ2n) is 4.88. The molecule has 0 saturated heterocycles. The quantitative estimate of drug-likeness (QED) is 0.876. The van der Waals surface area contributed by atoms with Crippen LogP contribution in [-0.4, -0.2) is 17.0 Å². The van der Waals surface area contributed by atoms with Gasteiger partial charge in [0, 0.05) is 18.3 Å². The van der Waals surface area contributed by atoms with E-state index in [1.807, 2.05) is 19.2 Å². The zero-order chi connectivity index (χ0) is 13.8. The van der Waals surface area contributed by atoms with Gasteiger partial charge in [-0.15, -0.1) is 0 Å². The van der Waals surface area contributed by atoms with E-state index < -0.39 is 0 Å².